The Morgan fingerprint density at radius 1 is 0.824 bits per heavy atom. The summed E-state index contributed by atoms with van der Waals surface area (Å²) in [6.07, 6.45) is 5.57. The van der Waals surface area contributed by atoms with Crippen molar-refractivity contribution in [1.82, 2.24) is 9.55 Å². The first kappa shape index (κ1) is 9.85. The first-order valence-corrected chi connectivity index (χ1v) is 5.58. The van der Waals surface area contributed by atoms with Crippen LogP contribution in [0.3, 0.4) is 0 Å². The van der Waals surface area contributed by atoms with Crippen molar-refractivity contribution in [2.45, 2.75) is 0 Å². The fourth-order valence-corrected chi connectivity index (χ4v) is 1.96. The smallest absolute Gasteiger partial charge is 0.0991 e. The molecule has 0 bridgehead atoms. The Morgan fingerprint density at radius 3 is 2.35 bits per heavy atom. The highest BCUT2D eigenvalue weighted by Crippen LogP contribution is 2.25. The zero-order chi connectivity index (χ0) is 11.5. The van der Waals surface area contributed by atoms with Gasteiger partial charge in [-0.05, 0) is 11.6 Å². The van der Waals surface area contributed by atoms with Gasteiger partial charge >= 0.3 is 0 Å². The molecule has 2 nitrogen and oxygen atoms in total. The van der Waals surface area contributed by atoms with E-state index in [1.807, 2.05) is 29.2 Å². The van der Waals surface area contributed by atoms with Crippen molar-refractivity contribution in [1.29, 1.82) is 0 Å². The van der Waals surface area contributed by atoms with E-state index in [1.54, 1.807) is 6.20 Å². The second-order valence-corrected chi connectivity index (χ2v) is 3.85. The molecule has 17 heavy (non-hydrogen) atoms. The van der Waals surface area contributed by atoms with Crippen LogP contribution in [0.1, 0.15) is 0 Å². The van der Waals surface area contributed by atoms with E-state index in [4.69, 9.17) is 0 Å². The van der Waals surface area contributed by atoms with Crippen molar-refractivity contribution in [3.63, 3.8) is 0 Å². The van der Waals surface area contributed by atoms with Crippen LogP contribution in [0, 0.1) is 0 Å². The molecular formula is C15H12N2. The summed E-state index contributed by atoms with van der Waals surface area (Å²) in [4.78, 5) is 4.10. The Balaban J connectivity index is 2.18. The number of nitrogens with zero attached hydrogens (tertiary/aromatic N) is 2. The van der Waals surface area contributed by atoms with Crippen molar-refractivity contribution in [3.8, 4) is 16.8 Å². The van der Waals surface area contributed by atoms with Crippen LogP contribution < -0.4 is 0 Å². The van der Waals surface area contributed by atoms with Gasteiger partial charge in [0.1, 0.15) is 0 Å². The van der Waals surface area contributed by atoms with Crippen LogP contribution >= 0.6 is 0 Å². The van der Waals surface area contributed by atoms with Gasteiger partial charge in [-0.25, -0.2) is 4.98 Å². The van der Waals surface area contributed by atoms with Gasteiger partial charge in [0.2, 0.25) is 0 Å². The molecule has 2 heteroatoms. The highest BCUT2D eigenvalue weighted by atomic mass is 15.0. The average Bonchev–Trinajstić information content (AvgIpc) is 2.94. The van der Waals surface area contributed by atoms with Gasteiger partial charge < -0.3 is 4.57 Å². The molecule has 3 rings (SSSR count). The molecule has 0 radical (unpaired) electrons. The van der Waals surface area contributed by atoms with Gasteiger partial charge in [-0.2, -0.15) is 0 Å². The third kappa shape index (κ3) is 1.85. The normalized spacial score (nSPS) is 10.4. The van der Waals surface area contributed by atoms with Gasteiger partial charge in [0, 0.05) is 18.0 Å². The Morgan fingerprint density at radius 2 is 1.59 bits per heavy atom. The molecule has 0 spiro atoms. The van der Waals surface area contributed by atoms with E-state index >= 15 is 0 Å². The molecule has 82 valence electrons. The molecule has 0 atom stereocenters. The summed E-state index contributed by atoms with van der Waals surface area (Å²) in [5, 5.41) is 0. The molecule has 3 aromatic rings. The molecule has 0 saturated carbocycles. The van der Waals surface area contributed by atoms with Crippen molar-refractivity contribution in [2.75, 3.05) is 0 Å². The minimum absolute atomic E-state index is 1.15. The summed E-state index contributed by atoms with van der Waals surface area (Å²) in [5.41, 5.74) is 3.58. The van der Waals surface area contributed by atoms with Crippen LogP contribution in [0.4, 0.5) is 0 Å². The van der Waals surface area contributed by atoms with Crippen LogP contribution in [0.25, 0.3) is 16.8 Å². The summed E-state index contributed by atoms with van der Waals surface area (Å²) in [6, 6.07) is 18.7. The second kappa shape index (κ2) is 4.26. The van der Waals surface area contributed by atoms with E-state index in [0.29, 0.717) is 0 Å². The molecule has 0 aliphatic heterocycles. The molecule has 0 amide bonds. The SMILES string of the molecule is c1ccc(-c2ccccc2-n2ccnc2)cc1. The van der Waals surface area contributed by atoms with Crippen molar-refractivity contribution < 1.29 is 0 Å². The summed E-state index contributed by atoms with van der Waals surface area (Å²) >= 11 is 0. The Bertz CT molecular complexity index is 598. The number of para-hydroxylation sites is 1. The maximum atomic E-state index is 4.10. The lowest BCUT2D eigenvalue weighted by atomic mass is 10.0. The third-order valence-electron chi connectivity index (χ3n) is 2.77. The van der Waals surface area contributed by atoms with Gasteiger partial charge in [-0.15, -0.1) is 0 Å². The summed E-state index contributed by atoms with van der Waals surface area (Å²) < 4.78 is 2.03. The van der Waals surface area contributed by atoms with Crippen LogP contribution in [-0.2, 0) is 0 Å². The lowest BCUT2D eigenvalue weighted by Crippen LogP contribution is -1.93. The Kier molecular flexibility index (Phi) is 2.47. The Hall–Kier alpha value is -2.35. The molecule has 0 saturated heterocycles. The highest BCUT2D eigenvalue weighted by Gasteiger charge is 2.04. The minimum Gasteiger partial charge on any atom is -0.306 e. The summed E-state index contributed by atoms with van der Waals surface area (Å²) in [7, 11) is 0. The quantitative estimate of drug-likeness (QED) is 0.646. The topological polar surface area (TPSA) is 17.8 Å². The number of rotatable bonds is 2. The monoisotopic (exact) mass is 220 g/mol. The van der Waals surface area contributed by atoms with E-state index in [9.17, 15) is 0 Å². The van der Waals surface area contributed by atoms with E-state index < -0.39 is 0 Å². The molecule has 0 unspecified atom stereocenters. The zero-order valence-corrected chi connectivity index (χ0v) is 9.32. The number of aromatic nitrogens is 2. The van der Waals surface area contributed by atoms with Gasteiger partial charge in [-0.3, -0.25) is 0 Å². The van der Waals surface area contributed by atoms with E-state index in [2.05, 4.69) is 47.4 Å². The largest absolute Gasteiger partial charge is 0.306 e. The van der Waals surface area contributed by atoms with Crippen LogP contribution in [0.5, 0.6) is 0 Å². The Labute approximate surface area is 100 Å². The van der Waals surface area contributed by atoms with E-state index in [1.165, 1.54) is 11.1 Å². The van der Waals surface area contributed by atoms with E-state index in [0.717, 1.165) is 5.69 Å². The molecule has 1 aromatic heterocycles. The highest BCUT2D eigenvalue weighted by molar-refractivity contribution is 5.72. The fraction of sp³-hybridized carbons (Fsp3) is 0. The van der Waals surface area contributed by atoms with Crippen molar-refractivity contribution in [3.05, 3.63) is 73.3 Å². The standard InChI is InChI=1S/C15H12N2/c1-2-6-13(7-3-1)14-8-4-5-9-15(14)17-11-10-16-12-17/h1-12H. The van der Waals surface area contributed by atoms with Crippen LogP contribution in [-0.4, -0.2) is 9.55 Å². The predicted octanol–water partition coefficient (Wildman–Crippen LogP) is 3.54. The van der Waals surface area contributed by atoms with Gasteiger partial charge in [-0.1, -0.05) is 48.5 Å². The van der Waals surface area contributed by atoms with E-state index in [-0.39, 0.29) is 0 Å². The summed E-state index contributed by atoms with van der Waals surface area (Å²) in [6.45, 7) is 0. The van der Waals surface area contributed by atoms with Gasteiger partial charge in [0.15, 0.2) is 0 Å². The minimum atomic E-state index is 1.15. The molecule has 1 heterocycles. The van der Waals surface area contributed by atoms with Crippen molar-refractivity contribution >= 4 is 0 Å². The zero-order valence-electron chi connectivity index (χ0n) is 9.32. The first-order valence-electron chi connectivity index (χ1n) is 5.58. The average molecular weight is 220 g/mol. The number of hydrogen-bond donors (Lipinski definition) is 0. The maximum absolute atomic E-state index is 4.10. The third-order valence-corrected chi connectivity index (χ3v) is 2.77. The number of benzene rings is 2. The molecule has 0 N–H and O–H groups in total. The lowest BCUT2D eigenvalue weighted by molar-refractivity contribution is 1.06. The van der Waals surface area contributed by atoms with Gasteiger partial charge in [0.25, 0.3) is 0 Å². The summed E-state index contributed by atoms with van der Waals surface area (Å²) in [5.74, 6) is 0. The van der Waals surface area contributed by atoms with Gasteiger partial charge in [0.05, 0.1) is 12.0 Å². The number of hydrogen-bond acceptors (Lipinski definition) is 1. The van der Waals surface area contributed by atoms with Crippen molar-refractivity contribution in [2.24, 2.45) is 0 Å². The molecule has 0 aliphatic carbocycles. The molecule has 0 aliphatic rings. The fourth-order valence-electron chi connectivity index (χ4n) is 1.96. The predicted molar refractivity (Wildman–Crippen MR) is 69.0 cm³/mol. The first-order chi connectivity index (χ1) is 8.45. The number of imidazole rings is 1. The molecular weight excluding hydrogens is 208 g/mol. The molecule has 2 aromatic carbocycles. The lowest BCUT2D eigenvalue weighted by Gasteiger charge is -2.09. The van der Waals surface area contributed by atoms with Crippen LogP contribution in [0.2, 0.25) is 0 Å². The maximum Gasteiger partial charge on any atom is 0.0991 e. The van der Waals surface area contributed by atoms with Crippen LogP contribution in [0.15, 0.2) is 73.3 Å². The molecule has 0 fully saturated rings. The second-order valence-electron chi connectivity index (χ2n) is 3.85.